The number of amides is 5. The molecule has 14 nitrogen and oxygen atoms in total. The van der Waals surface area contributed by atoms with Crippen LogP contribution in [0.15, 0.2) is 10.6 Å². The summed E-state index contributed by atoms with van der Waals surface area (Å²) in [6.45, 7) is 1.63. The van der Waals surface area contributed by atoms with Crippen molar-refractivity contribution in [2.45, 2.75) is 44.7 Å². The van der Waals surface area contributed by atoms with E-state index in [4.69, 9.17) is 9.63 Å². The van der Waals surface area contributed by atoms with Crippen molar-refractivity contribution in [1.29, 1.82) is 0 Å². The number of carbonyl (C=O) groups excluding carboxylic acids is 5. The first kappa shape index (κ1) is 22.7. The fraction of sp³-hybridized carbons (Fsp3) is 0.500. The van der Waals surface area contributed by atoms with Crippen LogP contribution in [0.3, 0.4) is 0 Å². The average molecular weight is 450 g/mol. The minimum Gasteiger partial charge on any atom is -0.481 e. The summed E-state index contributed by atoms with van der Waals surface area (Å²) in [5, 5.41) is 17.7. The predicted molar refractivity (Wildman–Crippen MR) is 102 cm³/mol. The molecule has 0 aliphatic carbocycles. The van der Waals surface area contributed by atoms with Crippen molar-refractivity contribution >= 4 is 36.0 Å². The molecule has 0 aromatic carbocycles. The van der Waals surface area contributed by atoms with E-state index in [1.807, 2.05) is 0 Å². The van der Waals surface area contributed by atoms with Crippen LogP contribution in [0.4, 0.5) is 4.79 Å². The van der Waals surface area contributed by atoms with Gasteiger partial charge in [-0.1, -0.05) is 5.16 Å². The van der Waals surface area contributed by atoms with Crippen LogP contribution in [0.25, 0.3) is 0 Å². The molecule has 3 rings (SSSR count). The number of aromatic nitrogens is 1. The van der Waals surface area contributed by atoms with Gasteiger partial charge in [-0.25, -0.2) is 19.8 Å². The molecule has 3 heterocycles. The third-order valence-corrected chi connectivity index (χ3v) is 4.95. The van der Waals surface area contributed by atoms with Gasteiger partial charge in [0.2, 0.25) is 11.8 Å². The van der Waals surface area contributed by atoms with Gasteiger partial charge in [-0.05, 0) is 19.8 Å². The third kappa shape index (κ3) is 4.84. The lowest BCUT2D eigenvalue weighted by Crippen LogP contribution is -2.64. The van der Waals surface area contributed by atoms with E-state index in [9.17, 15) is 28.8 Å². The molecule has 2 aliphatic rings. The number of aryl methyl sites for hydroxylation is 1. The standard InChI is InChI=1S/C18H22N6O8/c1-10-7-12(21-32-10)16(29)20-22-6-4-14(26)23-5-2-3-13(24(23)18(22)31)17(30)19-11(9-25)8-15(27)28/h7,9,11,13H,2-6,8H2,1H3,(H,19,30)(H,20,29)(H,27,28). The van der Waals surface area contributed by atoms with Crippen LogP contribution in [-0.2, 0) is 19.2 Å². The van der Waals surface area contributed by atoms with Gasteiger partial charge < -0.3 is 19.7 Å². The van der Waals surface area contributed by atoms with Crippen molar-refractivity contribution < 1.29 is 38.4 Å². The van der Waals surface area contributed by atoms with Gasteiger partial charge >= 0.3 is 12.0 Å². The molecular formula is C18H22N6O8. The third-order valence-electron chi connectivity index (χ3n) is 4.95. The number of aldehydes is 1. The van der Waals surface area contributed by atoms with Crippen LogP contribution >= 0.6 is 0 Å². The molecule has 2 saturated heterocycles. The number of carboxylic acid groups (broad SMARTS) is 1. The van der Waals surface area contributed by atoms with Gasteiger partial charge in [-0.3, -0.25) is 24.6 Å². The molecule has 2 fully saturated rings. The lowest BCUT2D eigenvalue weighted by Gasteiger charge is -2.42. The Morgan fingerprint density at radius 3 is 2.72 bits per heavy atom. The number of aliphatic carboxylic acids is 1. The van der Waals surface area contributed by atoms with Gasteiger partial charge in [0.25, 0.3) is 5.91 Å². The maximum atomic E-state index is 13.2. The van der Waals surface area contributed by atoms with Crippen molar-refractivity contribution in [3.8, 4) is 0 Å². The van der Waals surface area contributed by atoms with Gasteiger partial charge in [0.1, 0.15) is 18.1 Å². The lowest BCUT2D eigenvalue weighted by atomic mass is 10.1. The van der Waals surface area contributed by atoms with Crippen LogP contribution in [0.2, 0.25) is 0 Å². The van der Waals surface area contributed by atoms with E-state index in [2.05, 4.69) is 15.9 Å². The van der Waals surface area contributed by atoms with E-state index >= 15 is 0 Å². The average Bonchev–Trinajstić information content (AvgIpc) is 3.16. The second-order valence-corrected chi connectivity index (χ2v) is 7.32. The fourth-order valence-electron chi connectivity index (χ4n) is 3.47. The van der Waals surface area contributed by atoms with E-state index in [-0.39, 0.29) is 37.9 Å². The smallest absolute Gasteiger partial charge is 0.358 e. The van der Waals surface area contributed by atoms with Gasteiger partial charge in [-0.15, -0.1) is 0 Å². The van der Waals surface area contributed by atoms with E-state index in [0.717, 1.165) is 15.0 Å². The normalized spacial score (nSPS) is 19.7. The van der Waals surface area contributed by atoms with Gasteiger partial charge in [0.15, 0.2) is 5.69 Å². The molecule has 14 heteroatoms. The van der Waals surface area contributed by atoms with Crippen molar-refractivity contribution in [1.82, 2.24) is 30.9 Å². The molecule has 5 amide bonds. The Bertz CT molecular complexity index is 946. The first-order valence-corrected chi connectivity index (χ1v) is 9.84. The van der Waals surface area contributed by atoms with E-state index in [0.29, 0.717) is 12.2 Å². The first-order chi connectivity index (χ1) is 15.2. The van der Waals surface area contributed by atoms with Crippen molar-refractivity contribution in [2.75, 3.05) is 13.1 Å². The molecule has 0 radical (unpaired) electrons. The number of hydrogen-bond acceptors (Lipinski definition) is 8. The van der Waals surface area contributed by atoms with Crippen LogP contribution in [0, 0.1) is 6.92 Å². The molecule has 1 aromatic heterocycles. The van der Waals surface area contributed by atoms with Gasteiger partial charge in [0.05, 0.1) is 19.0 Å². The number of rotatable bonds is 7. The van der Waals surface area contributed by atoms with Crippen molar-refractivity contribution in [2.24, 2.45) is 0 Å². The Morgan fingerprint density at radius 1 is 1.34 bits per heavy atom. The number of carbonyl (C=O) groups is 6. The molecule has 0 spiro atoms. The zero-order valence-corrected chi connectivity index (χ0v) is 17.1. The molecule has 172 valence electrons. The molecule has 1 aromatic rings. The summed E-state index contributed by atoms with van der Waals surface area (Å²) < 4.78 is 4.84. The Kier molecular flexibility index (Phi) is 6.70. The van der Waals surface area contributed by atoms with Crippen LogP contribution < -0.4 is 10.7 Å². The summed E-state index contributed by atoms with van der Waals surface area (Å²) in [6, 6.07) is -1.93. The molecule has 2 atom stereocenters. The zero-order chi connectivity index (χ0) is 23.4. The van der Waals surface area contributed by atoms with Gasteiger partial charge in [0, 0.05) is 19.0 Å². The highest BCUT2D eigenvalue weighted by molar-refractivity contribution is 5.95. The molecule has 0 saturated carbocycles. The highest BCUT2D eigenvalue weighted by Gasteiger charge is 2.44. The highest BCUT2D eigenvalue weighted by atomic mass is 16.5. The Morgan fingerprint density at radius 2 is 2.09 bits per heavy atom. The van der Waals surface area contributed by atoms with E-state index < -0.39 is 48.2 Å². The number of hydrazine groups is 2. The van der Waals surface area contributed by atoms with Crippen molar-refractivity contribution in [3.63, 3.8) is 0 Å². The fourth-order valence-corrected chi connectivity index (χ4v) is 3.47. The van der Waals surface area contributed by atoms with Gasteiger partial charge in [-0.2, -0.15) is 0 Å². The van der Waals surface area contributed by atoms with Crippen LogP contribution in [-0.4, -0.2) is 86.5 Å². The molecule has 0 bridgehead atoms. The Hall–Kier alpha value is -3.97. The second kappa shape index (κ2) is 9.45. The van der Waals surface area contributed by atoms with Crippen LogP contribution in [0.5, 0.6) is 0 Å². The summed E-state index contributed by atoms with van der Waals surface area (Å²) in [7, 11) is 0. The minimum atomic E-state index is -1.29. The number of nitrogens with zero attached hydrogens (tertiary/aromatic N) is 4. The largest absolute Gasteiger partial charge is 0.481 e. The predicted octanol–water partition coefficient (Wildman–Crippen LogP) is -1.18. The summed E-state index contributed by atoms with van der Waals surface area (Å²) in [5.74, 6) is -2.85. The summed E-state index contributed by atoms with van der Waals surface area (Å²) in [5.41, 5.74) is 2.29. The lowest BCUT2D eigenvalue weighted by molar-refractivity contribution is -0.155. The summed E-state index contributed by atoms with van der Waals surface area (Å²) in [6.07, 6.45) is 0.129. The Labute approximate surface area is 181 Å². The number of fused-ring (bicyclic) bond motifs is 1. The molecule has 2 aliphatic heterocycles. The Balaban J connectivity index is 1.80. The van der Waals surface area contributed by atoms with E-state index in [1.165, 1.54) is 6.07 Å². The maximum absolute atomic E-state index is 13.2. The molecule has 2 unspecified atom stereocenters. The zero-order valence-electron chi connectivity index (χ0n) is 17.1. The van der Waals surface area contributed by atoms with Crippen molar-refractivity contribution in [3.05, 3.63) is 17.5 Å². The minimum absolute atomic E-state index is 0.0711. The second-order valence-electron chi connectivity index (χ2n) is 7.32. The number of hydrogen-bond donors (Lipinski definition) is 3. The highest BCUT2D eigenvalue weighted by Crippen LogP contribution is 2.24. The molecular weight excluding hydrogens is 428 g/mol. The quantitative estimate of drug-likeness (QED) is 0.430. The number of nitrogens with one attached hydrogen (secondary N) is 2. The summed E-state index contributed by atoms with van der Waals surface area (Å²) >= 11 is 0. The topological polar surface area (TPSA) is 182 Å². The monoisotopic (exact) mass is 450 g/mol. The molecule has 3 N–H and O–H groups in total. The SMILES string of the molecule is Cc1cc(C(=O)NN2CCC(=O)N3CCCC(C(=O)NC(C=O)CC(=O)O)N3C2=O)no1. The maximum Gasteiger partial charge on any atom is 0.358 e. The van der Waals surface area contributed by atoms with Crippen LogP contribution in [0.1, 0.15) is 41.9 Å². The summed E-state index contributed by atoms with van der Waals surface area (Å²) in [4.78, 5) is 73.0. The molecule has 32 heavy (non-hydrogen) atoms. The van der Waals surface area contributed by atoms with E-state index in [1.54, 1.807) is 6.92 Å². The number of urea groups is 1. The number of carboxylic acids is 1. The first-order valence-electron chi connectivity index (χ1n) is 9.84.